The largest absolute Gasteiger partial charge is 0.398 e. The number of benzene rings is 1. The average molecular weight is 256 g/mol. The van der Waals surface area contributed by atoms with Gasteiger partial charge in [-0.3, -0.25) is 0 Å². The number of sulfonamides is 1. The van der Waals surface area contributed by atoms with Crippen molar-refractivity contribution in [2.24, 2.45) is 0 Å². The molecule has 0 aromatic heterocycles. The van der Waals surface area contributed by atoms with Crippen LogP contribution in [0.2, 0.25) is 0 Å². The molecule has 0 aliphatic carbocycles. The molecule has 1 aromatic carbocycles. The van der Waals surface area contributed by atoms with E-state index in [0.717, 1.165) is 19.3 Å². The molecule has 1 atom stereocenters. The van der Waals surface area contributed by atoms with Crippen molar-refractivity contribution in [1.29, 1.82) is 0 Å². The molecule has 3 N–H and O–H groups in total. The van der Waals surface area contributed by atoms with E-state index in [2.05, 4.69) is 4.72 Å². The lowest BCUT2D eigenvalue weighted by atomic mass is 10.1. The van der Waals surface area contributed by atoms with Crippen molar-refractivity contribution < 1.29 is 8.42 Å². The van der Waals surface area contributed by atoms with Gasteiger partial charge in [0.05, 0.1) is 5.69 Å². The van der Waals surface area contributed by atoms with Crippen molar-refractivity contribution in [2.45, 2.75) is 44.0 Å². The van der Waals surface area contributed by atoms with Crippen LogP contribution in [0.5, 0.6) is 0 Å². The first-order valence-electron chi connectivity index (χ1n) is 5.88. The Hall–Kier alpha value is -1.07. The number of hydrogen-bond acceptors (Lipinski definition) is 3. The first kappa shape index (κ1) is 14.0. The molecule has 17 heavy (non-hydrogen) atoms. The molecule has 1 aromatic rings. The predicted molar refractivity (Wildman–Crippen MR) is 70.2 cm³/mol. The van der Waals surface area contributed by atoms with Gasteiger partial charge in [0.2, 0.25) is 10.0 Å². The zero-order valence-corrected chi connectivity index (χ0v) is 11.1. The second kappa shape index (κ2) is 6.02. The van der Waals surface area contributed by atoms with Crippen molar-refractivity contribution in [2.75, 3.05) is 5.73 Å². The molecule has 0 amide bonds. The fourth-order valence-corrected chi connectivity index (χ4v) is 3.19. The summed E-state index contributed by atoms with van der Waals surface area (Å²) in [6, 6.07) is 6.49. The molecular formula is C12H20N2O2S. The van der Waals surface area contributed by atoms with Gasteiger partial charge in [-0.05, 0) is 25.0 Å². The van der Waals surface area contributed by atoms with Crippen molar-refractivity contribution in [3.05, 3.63) is 24.3 Å². The maximum Gasteiger partial charge on any atom is 0.242 e. The highest BCUT2D eigenvalue weighted by atomic mass is 32.2. The van der Waals surface area contributed by atoms with Gasteiger partial charge in [-0.1, -0.05) is 32.4 Å². The maximum atomic E-state index is 12.1. The molecule has 0 aliphatic heterocycles. The van der Waals surface area contributed by atoms with E-state index in [-0.39, 0.29) is 16.6 Å². The Bertz CT molecular complexity index is 457. The van der Waals surface area contributed by atoms with Gasteiger partial charge in [-0.15, -0.1) is 0 Å². The molecule has 0 saturated carbocycles. The molecular weight excluding hydrogens is 236 g/mol. The Kier molecular flexibility index (Phi) is 4.96. The fourth-order valence-electron chi connectivity index (χ4n) is 1.70. The van der Waals surface area contributed by atoms with E-state index in [1.807, 2.05) is 13.8 Å². The van der Waals surface area contributed by atoms with Crippen LogP contribution in [0.15, 0.2) is 29.2 Å². The Morgan fingerprint density at radius 1 is 1.29 bits per heavy atom. The van der Waals surface area contributed by atoms with Crippen LogP contribution in [-0.2, 0) is 10.0 Å². The van der Waals surface area contributed by atoms with Gasteiger partial charge in [0.1, 0.15) is 4.90 Å². The summed E-state index contributed by atoms with van der Waals surface area (Å²) in [6.07, 6.45) is 2.56. The normalized spacial score (nSPS) is 13.5. The summed E-state index contributed by atoms with van der Waals surface area (Å²) in [6.45, 7) is 4.00. The Balaban J connectivity index is 2.92. The fraction of sp³-hybridized carbons (Fsp3) is 0.500. The van der Waals surface area contributed by atoms with Gasteiger partial charge in [0.25, 0.3) is 0 Å². The predicted octanol–water partition coefficient (Wildman–Crippen LogP) is 2.13. The summed E-state index contributed by atoms with van der Waals surface area (Å²) >= 11 is 0. The molecule has 0 radical (unpaired) electrons. The number of para-hydroxylation sites is 1. The van der Waals surface area contributed by atoms with Crippen LogP contribution in [0.4, 0.5) is 5.69 Å². The molecule has 0 aliphatic rings. The quantitative estimate of drug-likeness (QED) is 0.766. The lowest BCUT2D eigenvalue weighted by Crippen LogP contribution is -2.34. The SMILES string of the molecule is CCCC(CC)NS(=O)(=O)c1ccccc1N. The third-order valence-corrected chi connectivity index (χ3v) is 4.25. The van der Waals surface area contributed by atoms with E-state index in [1.54, 1.807) is 18.2 Å². The molecule has 0 spiro atoms. The van der Waals surface area contributed by atoms with E-state index in [9.17, 15) is 8.42 Å². The van der Waals surface area contributed by atoms with Crippen LogP contribution in [0, 0.1) is 0 Å². The Labute approximate surface area is 103 Å². The van der Waals surface area contributed by atoms with Gasteiger partial charge >= 0.3 is 0 Å². The second-order valence-corrected chi connectivity index (χ2v) is 5.74. The number of nitrogens with one attached hydrogen (secondary N) is 1. The van der Waals surface area contributed by atoms with Crippen LogP contribution in [0.1, 0.15) is 33.1 Å². The molecule has 0 heterocycles. The number of nitrogen functional groups attached to an aromatic ring is 1. The smallest absolute Gasteiger partial charge is 0.242 e. The molecule has 0 bridgehead atoms. The average Bonchev–Trinajstić information content (AvgIpc) is 2.28. The summed E-state index contributed by atoms with van der Waals surface area (Å²) in [4.78, 5) is 0.162. The second-order valence-electron chi connectivity index (χ2n) is 4.05. The van der Waals surface area contributed by atoms with Crippen LogP contribution in [0.25, 0.3) is 0 Å². The van der Waals surface area contributed by atoms with Crippen LogP contribution in [-0.4, -0.2) is 14.5 Å². The van der Waals surface area contributed by atoms with E-state index >= 15 is 0 Å². The molecule has 4 nitrogen and oxygen atoms in total. The van der Waals surface area contributed by atoms with Gasteiger partial charge in [-0.2, -0.15) is 0 Å². The molecule has 1 rings (SSSR count). The third kappa shape index (κ3) is 3.71. The molecule has 0 fully saturated rings. The highest BCUT2D eigenvalue weighted by Gasteiger charge is 2.20. The van der Waals surface area contributed by atoms with Crippen LogP contribution in [0.3, 0.4) is 0 Å². The zero-order chi connectivity index (χ0) is 12.9. The van der Waals surface area contributed by atoms with Crippen molar-refractivity contribution >= 4 is 15.7 Å². The van der Waals surface area contributed by atoms with Gasteiger partial charge in [0.15, 0.2) is 0 Å². The van der Waals surface area contributed by atoms with Crippen molar-refractivity contribution in [3.8, 4) is 0 Å². The van der Waals surface area contributed by atoms with Crippen LogP contribution >= 0.6 is 0 Å². The third-order valence-electron chi connectivity index (χ3n) is 2.66. The summed E-state index contributed by atoms with van der Waals surface area (Å²) in [5.41, 5.74) is 5.96. The number of anilines is 1. The lowest BCUT2D eigenvalue weighted by molar-refractivity contribution is 0.512. The molecule has 96 valence electrons. The summed E-state index contributed by atoms with van der Waals surface area (Å²) < 4.78 is 26.9. The van der Waals surface area contributed by atoms with E-state index < -0.39 is 10.0 Å². The van der Waals surface area contributed by atoms with Crippen molar-refractivity contribution in [1.82, 2.24) is 4.72 Å². The Morgan fingerprint density at radius 2 is 1.94 bits per heavy atom. The number of hydrogen-bond donors (Lipinski definition) is 2. The van der Waals surface area contributed by atoms with Crippen LogP contribution < -0.4 is 10.5 Å². The maximum absolute atomic E-state index is 12.1. The summed E-state index contributed by atoms with van der Waals surface area (Å²) in [5.74, 6) is 0. The molecule has 5 heteroatoms. The summed E-state index contributed by atoms with van der Waals surface area (Å²) in [5, 5.41) is 0. The first-order valence-corrected chi connectivity index (χ1v) is 7.36. The minimum Gasteiger partial charge on any atom is -0.398 e. The molecule has 0 saturated heterocycles. The van der Waals surface area contributed by atoms with Gasteiger partial charge < -0.3 is 5.73 Å². The van der Waals surface area contributed by atoms with E-state index in [4.69, 9.17) is 5.73 Å². The highest BCUT2D eigenvalue weighted by molar-refractivity contribution is 7.89. The minimum absolute atomic E-state index is 0.0235. The molecule has 1 unspecified atom stereocenters. The van der Waals surface area contributed by atoms with Gasteiger partial charge in [0, 0.05) is 6.04 Å². The first-order chi connectivity index (χ1) is 8.01. The minimum atomic E-state index is -3.50. The van der Waals surface area contributed by atoms with E-state index in [1.165, 1.54) is 6.07 Å². The highest BCUT2D eigenvalue weighted by Crippen LogP contribution is 2.18. The topological polar surface area (TPSA) is 72.2 Å². The summed E-state index contributed by atoms with van der Waals surface area (Å²) in [7, 11) is -3.50. The Morgan fingerprint density at radius 3 is 2.47 bits per heavy atom. The standard InChI is InChI=1S/C12H20N2O2S/c1-3-7-10(4-2)14-17(15,16)12-9-6-5-8-11(12)13/h5-6,8-10,14H,3-4,7,13H2,1-2H3. The number of nitrogens with two attached hydrogens (primary N) is 1. The van der Waals surface area contributed by atoms with Crippen molar-refractivity contribution in [3.63, 3.8) is 0 Å². The lowest BCUT2D eigenvalue weighted by Gasteiger charge is -2.16. The van der Waals surface area contributed by atoms with Gasteiger partial charge in [-0.25, -0.2) is 13.1 Å². The zero-order valence-electron chi connectivity index (χ0n) is 10.3. The van der Waals surface area contributed by atoms with E-state index in [0.29, 0.717) is 0 Å². The number of rotatable bonds is 6. The monoisotopic (exact) mass is 256 g/mol.